The number of halogens is 2. The topological polar surface area (TPSA) is 82.1 Å². The summed E-state index contributed by atoms with van der Waals surface area (Å²) >= 11 is 5.82. The van der Waals surface area contributed by atoms with Gasteiger partial charge in [-0.25, -0.2) is 19.3 Å². The number of hydrogen-bond donors (Lipinski definition) is 1. The molecule has 7 nitrogen and oxygen atoms in total. The van der Waals surface area contributed by atoms with E-state index < -0.39 is 5.82 Å². The molecule has 4 rings (SSSR count). The zero-order chi connectivity index (χ0) is 18.1. The quantitative estimate of drug-likeness (QED) is 0.732. The Bertz CT molecular complexity index is 967. The summed E-state index contributed by atoms with van der Waals surface area (Å²) in [5.74, 6) is -0.0423. The minimum Gasteiger partial charge on any atom is -0.463 e. The van der Waals surface area contributed by atoms with Crippen molar-refractivity contribution in [2.24, 2.45) is 5.41 Å². The van der Waals surface area contributed by atoms with Crippen molar-refractivity contribution in [3.05, 3.63) is 41.6 Å². The molecule has 1 fully saturated rings. The predicted octanol–water partition coefficient (Wildman–Crippen LogP) is 3.37. The first kappa shape index (κ1) is 16.9. The molecule has 0 saturated carbocycles. The Hall–Kier alpha value is -2.58. The Morgan fingerprint density at radius 2 is 2.15 bits per heavy atom. The van der Waals surface area contributed by atoms with Crippen molar-refractivity contribution in [2.45, 2.75) is 6.92 Å². The molecule has 1 aromatic carbocycles. The van der Waals surface area contributed by atoms with Crippen LogP contribution in [0.5, 0.6) is 6.01 Å². The molecule has 0 aliphatic carbocycles. The van der Waals surface area contributed by atoms with Crippen molar-refractivity contribution in [3.63, 3.8) is 0 Å². The van der Waals surface area contributed by atoms with Crippen molar-refractivity contribution in [2.75, 3.05) is 25.1 Å². The number of hydrogen-bond acceptors (Lipinski definition) is 7. The summed E-state index contributed by atoms with van der Waals surface area (Å²) in [6, 6.07) is 4.55. The van der Waals surface area contributed by atoms with Gasteiger partial charge in [-0.1, -0.05) is 18.5 Å². The van der Waals surface area contributed by atoms with E-state index in [1.165, 1.54) is 18.5 Å². The van der Waals surface area contributed by atoms with E-state index in [-0.39, 0.29) is 16.4 Å². The third kappa shape index (κ3) is 3.38. The van der Waals surface area contributed by atoms with Gasteiger partial charge in [0.05, 0.1) is 24.4 Å². The molecular weight excluding hydrogens is 361 g/mol. The molecule has 2 aromatic heterocycles. The Morgan fingerprint density at radius 3 is 2.88 bits per heavy atom. The van der Waals surface area contributed by atoms with E-state index in [1.54, 1.807) is 12.3 Å². The number of anilines is 2. The zero-order valence-electron chi connectivity index (χ0n) is 13.9. The molecule has 0 spiro atoms. The molecule has 0 unspecified atom stereocenters. The van der Waals surface area contributed by atoms with Crippen LogP contribution in [0.15, 0.2) is 30.7 Å². The number of nitrogens with one attached hydrogen (secondary N) is 1. The average molecular weight is 376 g/mol. The summed E-state index contributed by atoms with van der Waals surface area (Å²) in [5.41, 5.74) is 1.61. The monoisotopic (exact) mass is 375 g/mol. The lowest BCUT2D eigenvalue weighted by Gasteiger charge is -2.37. The van der Waals surface area contributed by atoms with Gasteiger partial charge in [-0.05, 0) is 18.2 Å². The van der Waals surface area contributed by atoms with Crippen molar-refractivity contribution < 1.29 is 13.9 Å². The predicted molar refractivity (Wildman–Crippen MR) is 94.2 cm³/mol. The average Bonchev–Trinajstić information content (AvgIpc) is 2.62. The van der Waals surface area contributed by atoms with E-state index in [2.05, 4.69) is 32.2 Å². The zero-order valence-corrected chi connectivity index (χ0v) is 14.6. The second-order valence-electron chi connectivity index (χ2n) is 6.45. The number of rotatable bonds is 5. The van der Waals surface area contributed by atoms with Crippen LogP contribution < -0.4 is 10.1 Å². The van der Waals surface area contributed by atoms with Gasteiger partial charge in [0, 0.05) is 11.1 Å². The Kier molecular flexibility index (Phi) is 4.29. The lowest BCUT2D eigenvalue weighted by atomic mass is 9.90. The summed E-state index contributed by atoms with van der Waals surface area (Å²) in [5, 5.41) is 3.09. The highest BCUT2D eigenvalue weighted by atomic mass is 35.5. The van der Waals surface area contributed by atoms with Crippen LogP contribution in [-0.2, 0) is 4.74 Å². The molecule has 9 heteroatoms. The highest BCUT2D eigenvalue weighted by molar-refractivity contribution is 6.31. The van der Waals surface area contributed by atoms with Crippen molar-refractivity contribution in [1.29, 1.82) is 0 Å². The van der Waals surface area contributed by atoms with Crippen LogP contribution in [0.1, 0.15) is 6.92 Å². The second kappa shape index (κ2) is 6.62. The summed E-state index contributed by atoms with van der Waals surface area (Å²) in [7, 11) is 0. The van der Waals surface area contributed by atoms with Gasteiger partial charge in [-0.2, -0.15) is 4.98 Å². The maximum Gasteiger partial charge on any atom is 0.317 e. The second-order valence-corrected chi connectivity index (χ2v) is 6.86. The Balaban J connectivity index is 1.61. The van der Waals surface area contributed by atoms with Gasteiger partial charge in [0.1, 0.15) is 29.8 Å². The number of aromatic nitrogens is 4. The van der Waals surface area contributed by atoms with Crippen LogP contribution in [0.2, 0.25) is 5.02 Å². The van der Waals surface area contributed by atoms with Gasteiger partial charge in [-0.3, -0.25) is 0 Å². The molecule has 1 aliphatic rings. The standard InChI is InChI=1S/C17H15ClFN5O2/c1-17(6-25-7-17)8-26-16-20-5-13-14(24-16)15(22-9-21-13)23-10-2-3-12(19)11(18)4-10/h2-5,9H,6-8H2,1H3,(H,21,22,23). The van der Waals surface area contributed by atoms with Crippen molar-refractivity contribution >= 4 is 34.1 Å². The van der Waals surface area contributed by atoms with Gasteiger partial charge in [0.25, 0.3) is 0 Å². The highest BCUT2D eigenvalue weighted by Gasteiger charge is 2.34. The van der Waals surface area contributed by atoms with Gasteiger partial charge in [-0.15, -0.1) is 0 Å². The van der Waals surface area contributed by atoms with E-state index >= 15 is 0 Å². The molecule has 3 heterocycles. The fourth-order valence-corrected chi connectivity index (χ4v) is 2.66. The molecule has 1 N–H and O–H groups in total. The first-order valence-electron chi connectivity index (χ1n) is 7.93. The van der Waals surface area contributed by atoms with Crippen LogP contribution in [0.25, 0.3) is 11.0 Å². The van der Waals surface area contributed by atoms with Crippen molar-refractivity contribution in [3.8, 4) is 6.01 Å². The summed E-state index contributed by atoms with van der Waals surface area (Å²) in [4.78, 5) is 16.9. The maximum absolute atomic E-state index is 13.3. The number of nitrogens with zero attached hydrogens (tertiary/aromatic N) is 4. The fraction of sp³-hybridized carbons (Fsp3) is 0.294. The van der Waals surface area contributed by atoms with Crippen molar-refractivity contribution in [1.82, 2.24) is 19.9 Å². The summed E-state index contributed by atoms with van der Waals surface area (Å²) in [6.07, 6.45) is 2.97. The third-order valence-corrected chi connectivity index (χ3v) is 4.28. The third-order valence-electron chi connectivity index (χ3n) is 3.99. The fourth-order valence-electron chi connectivity index (χ4n) is 2.48. The largest absolute Gasteiger partial charge is 0.463 e. The molecule has 0 radical (unpaired) electrons. The van der Waals surface area contributed by atoms with E-state index in [9.17, 15) is 4.39 Å². The van der Waals surface area contributed by atoms with Crippen LogP contribution in [0, 0.1) is 11.2 Å². The molecule has 0 bridgehead atoms. The lowest BCUT2D eigenvalue weighted by molar-refractivity contribution is -0.121. The maximum atomic E-state index is 13.3. The number of benzene rings is 1. The first-order chi connectivity index (χ1) is 12.5. The van der Waals surface area contributed by atoms with Crippen LogP contribution in [0.3, 0.4) is 0 Å². The van der Waals surface area contributed by atoms with Crippen LogP contribution in [-0.4, -0.2) is 39.8 Å². The number of fused-ring (bicyclic) bond motifs is 1. The van der Waals surface area contributed by atoms with Crippen LogP contribution in [0.4, 0.5) is 15.9 Å². The van der Waals surface area contributed by atoms with Gasteiger partial charge < -0.3 is 14.8 Å². The minimum absolute atomic E-state index is 0.0164. The molecule has 0 amide bonds. The summed E-state index contributed by atoms with van der Waals surface area (Å²) in [6.45, 7) is 3.85. The summed E-state index contributed by atoms with van der Waals surface area (Å²) < 4.78 is 24.2. The molecule has 3 aromatic rings. The van der Waals surface area contributed by atoms with E-state index in [1.807, 2.05) is 0 Å². The molecule has 0 atom stereocenters. The van der Waals surface area contributed by atoms with E-state index in [0.717, 1.165) is 0 Å². The minimum atomic E-state index is -0.490. The molecule has 1 saturated heterocycles. The molecular formula is C17H15ClFN5O2. The normalized spacial score (nSPS) is 15.5. The van der Waals surface area contributed by atoms with E-state index in [4.69, 9.17) is 21.1 Å². The molecule has 26 heavy (non-hydrogen) atoms. The van der Waals surface area contributed by atoms with Gasteiger partial charge in [0.15, 0.2) is 5.82 Å². The highest BCUT2D eigenvalue weighted by Crippen LogP contribution is 2.28. The Labute approximate surface area is 153 Å². The smallest absolute Gasteiger partial charge is 0.317 e. The molecule has 1 aliphatic heterocycles. The first-order valence-corrected chi connectivity index (χ1v) is 8.31. The Morgan fingerprint density at radius 1 is 1.31 bits per heavy atom. The van der Waals surface area contributed by atoms with Crippen LogP contribution >= 0.6 is 11.6 Å². The van der Waals surface area contributed by atoms with Gasteiger partial charge in [0.2, 0.25) is 0 Å². The number of ether oxygens (including phenoxy) is 2. The van der Waals surface area contributed by atoms with Gasteiger partial charge >= 0.3 is 6.01 Å². The molecule has 134 valence electrons. The SMILES string of the molecule is CC1(COc2ncc3ncnc(Nc4ccc(F)c(Cl)c4)c3n2)COC1. The van der Waals surface area contributed by atoms with E-state index in [0.29, 0.717) is 42.4 Å². The lowest BCUT2D eigenvalue weighted by Crippen LogP contribution is -2.44.